The van der Waals surface area contributed by atoms with E-state index in [1.54, 1.807) is 11.2 Å². The Kier molecular flexibility index (Phi) is 3.77. The zero-order chi connectivity index (χ0) is 12.5. The summed E-state index contributed by atoms with van der Waals surface area (Å²) in [7, 11) is -3.35. The molecule has 0 amide bonds. The molecule has 0 aromatic heterocycles. The minimum absolute atomic E-state index is 0.228. The van der Waals surface area contributed by atoms with Crippen LogP contribution in [0.5, 0.6) is 0 Å². The van der Waals surface area contributed by atoms with E-state index in [1.807, 2.05) is 0 Å². The van der Waals surface area contributed by atoms with Gasteiger partial charge in [0.15, 0.2) is 0 Å². The summed E-state index contributed by atoms with van der Waals surface area (Å²) in [5.74, 6) is 0. The summed E-state index contributed by atoms with van der Waals surface area (Å²) < 4.78 is 27.8. The molecule has 2 rings (SSSR count). The lowest BCUT2D eigenvalue weighted by molar-refractivity contribution is 0.00759. The molecule has 1 N–H and O–H groups in total. The Bertz CT molecular complexity index is 361. The number of hydrogen-bond acceptors (Lipinski definition) is 3. The maximum Gasteiger partial charge on any atom is 0.282 e. The smallest absolute Gasteiger partial charge is 0.282 e. The monoisotopic (exact) mass is 262 g/mol. The molecule has 0 saturated carbocycles. The van der Waals surface area contributed by atoms with Crippen molar-refractivity contribution in [1.29, 1.82) is 0 Å². The normalized spacial score (nSPS) is 33.8. The van der Waals surface area contributed by atoms with Crippen LogP contribution in [-0.4, -0.2) is 53.9 Å². The van der Waals surface area contributed by atoms with Gasteiger partial charge in [-0.2, -0.15) is 17.0 Å². The van der Waals surface area contributed by atoms with Crippen LogP contribution in [0.25, 0.3) is 0 Å². The van der Waals surface area contributed by atoms with Crippen molar-refractivity contribution in [3.8, 4) is 0 Å². The lowest BCUT2D eigenvalue weighted by Crippen LogP contribution is -2.53. The second-order valence-corrected chi connectivity index (χ2v) is 7.33. The van der Waals surface area contributed by atoms with Gasteiger partial charge in [-0.25, -0.2) is 0 Å². The van der Waals surface area contributed by atoms with E-state index < -0.39 is 15.8 Å². The van der Waals surface area contributed by atoms with Crippen molar-refractivity contribution < 1.29 is 13.5 Å². The van der Waals surface area contributed by atoms with E-state index in [1.165, 1.54) is 4.31 Å². The van der Waals surface area contributed by atoms with Gasteiger partial charge in [-0.3, -0.25) is 0 Å². The Labute approximate surface area is 104 Å². The van der Waals surface area contributed by atoms with Crippen LogP contribution < -0.4 is 0 Å². The maximum atomic E-state index is 12.4. The van der Waals surface area contributed by atoms with E-state index in [2.05, 4.69) is 0 Å². The van der Waals surface area contributed by atoms with Gasteiger partial charge in [0, 0.05) is 26.2 Å². The minimum atomic E-state index is -3.35. The molecule has 0 spiro atoms. The number of nitrogens with zero attached hydrogens (tertiary/aromatic N) is 2. The molecular weight excluding hydrogens is 240 g/mol. The van der Waals surface area contributed by atoms with Crippen molar-refractivity contribution in [2.45, 2.75) is 44.6 Å². The first-order valence-corrected chi connectivity index (χ1v) is 7.79. The molecule has 6 heteroatoms. The molecule has 100 valence electrons. The van der Waals surface area contributed by atoms with Crippen LogP contribution >= 0.6 is 0 Å². The zero-order valence-corrected chi connectivity index (χ0v) is 11.2. The number of rotatable bonds is 2. The first-order valence-electron chi connectivity index (χ1n) is 6.39. The summed E-state index contributed by atoms with van der Waals surface area (Å²) >= 11 is 0. The molecule has 0 aromatic rings. The highest BCUT2D eigenvalue weighted by atomic mass is 32.2. The van der Waals surface area contributed by atoms with Gasteiger partial charge in [0.05, 0.1) is 5.60 Å². The maximum absolute atomic E-state index is 12.4. The van der Waals surface area contributed by atoms with Gasteiger partial charge in [0.1, 0.15) is 0 Å². The molecule has 2 saturated heterocycles. The van der Waals surface area contributed by atoms with Crippen LogP contribution in [0.15, 0.2) is 0 Å². The SMILES string of the molecule is CC1(O)CCCN(S(=O)(=O)N2CCCCC2)C1. The summed E-state index contributed by atoms with van der Waals surface area (Å²) in [5, 5.41) is 9.98. The summed E-state index contributed by atoms with van der Waals surface area (Å²) in [6.07, 6.45) is 4.43. The van der Waals surface area contributed by atoms with E-state index in [4.69, 9.17) is 0 Å². The van der Waals surface area contributed by atoms with Crippen LogP contribution in [0.3, 0.4) is 0 Å². The summed E-state index contributed by atoms with van der Waals surface area (Å²) in [4.78, 5) is 0. The summed E-state index contributed by atoms with van der Waals surface area (Å²) in [5.41, 5.74) is -0.874. The van der Waals surface area contributed by atoms with E-state index in [0.717, 1.165) is 25.7 Å². The minimum Gasteiger partial charge on any atom is -0.389 e. The van der Waals surface area contributed by atoms with E-state index in [-0.39, 0.29) is 6.54 Å². The summed E-state index contributed by atoms with van der Waals surface area (Å²) in [6.45, 7) is 3.73. The number of aliphatic hydroxyl groups is 1. The van der Waals surface area contributed by atoms with Crippen molar-refractivity contribution in [2.75, 3.05) is 26.2 Å². The molecule has 1 atom stereocenters. The Balaban J connectivity index is 2.09. The van der Waals surface area contributed by atoms with Crippen molar-refractivity contribution in [2.24, 2.45) is 0 Å². The van der Waals surface area contributed by atoms with Gasteiger partial charge < -0.3 is 5.11 Å². The Morgan fingerprint density at radius 3 is 2.18 bits per heavy atom. The third-order valence-corrected chi connectivity index (χ3v) is 5.59. The highest BCUT2D eigenvalue weighted by Gasteiger charge is 2.37. The fourth-order valence-corrected chi connectivity index (χ4v) is 4.48. The summed E-state index contributed by atoms with van der Waals surface area (Å²) in [6, 6.07) is 0. The first-order chi connectivity index (χ1) is 7.92. The standard InChI is InChI=1S/C11H22N2O3S/c1-11(14)6-5-9-13(10-11)17(15,16)12-7-3-2-4-8-12/h14H,2-10H2,1H3. The quantitative estimate of drug-likeness (QED) is 0.791. The molecule has 5 nitrogen and oxygen atoms in total. The second kappa shape index (κ2) is 4.84. The third kappa shape index (κ3) is 2.99. The Hall–Kier alpha value is -0.170. The topological polar surface area (TPSA) is 60.9 Å². The van der Waals surface area contributed by atoms with Crippen LogP contribution in [0, 0.1) is 0 Å². The van der Waals surface area contributed by atoms with Gasteiger partial charge in [0.2, 0.25) is 0 Å². The van der Waals surface area contributed by atoms with Crippen molar-refractivity contribution >= 4 is 10.2 Å². The molecule has 0 aromatic carbocycles. The lowest BCUT2D eigenvalue weighted by atomic mass is 9.97. The highest BCUT2D eigenvalue weighted by molar-refractivity contribution is 7.86. The molecule has 1 unspecified atom stereocenters. The highest BCUT2D eigenvalue weighted by Crippen LogP contribution is 2.25. The zero-order valence-electron chi connectivity index (χ0n) is 10.4. The first kappa shape index (κ1) is 13.3. The van der Waals surface area contributed by atoms with E-state index in [9.17, 15) is 13.5 Å². The Morgan fingerprint density at radius 2 is 1.59 bits per heavy atom. The largest absolute Gasteiger partial charge is 0.389 e. The average molecular weight is 262 g/mol. The van der Waals surface area contributed by atoms with E-state index in [0.29, 0.717) is 26.1 Å². The molecule has 2 fully saturated rings. The van der Waals surface area contributed by atoms with Crippen LogP contribution in [-0.2, 0) is 10.2 Å². The third-order valence-electron chi connectivity index (χ3n) is 3.61. The molecule has 2 heterocycles. The van der Waals surface area contributed by atoms with E-state index >= 15 is 0 Å². The molecule has 17 heavy (non-hydrogen) atoms. The van der Waals surface area contributed by atoms with Crippen molar-refractivity contribution in [1.82, 2.24) is 8.61 Å². The molecule has 0 radical (unpaired) electrons. The average Bonchev–Trinajstić information content (AvgIpc) is 2.29. The predicted octanol–water partition coefficient (Wildman–Crippen LogP) is 0.564. The number of hydrogen-bond donors (Lipinski definition) is 1. The van der Waals surface area contributed by atoms with Crippen LogP contribution in [0.2, 0.25) is 0 Å². The van der Waals surface area contributed by atoms with Gasteiger partial charge in [0.25, 0.3) is 10.2 Å². The van der Waals surface area contributed by atoms with Gasteiger partial charge in [-0.05, 0) is 32.6 Å². The van der Waals surface area contributed by atoms with Gasteiger partial charge >= 0.3 is 0 Å². The molecule has 2 aliphatic heterocycles. The fraction of sp³-hybridized carbons (Fsp3) is 1.00. The van der Waals surface area contributed by atoms with Gasteiger partial charge in [-0.15, -0.1) is 0 Å². The molecular formula is C11H22N2O3S. The second-order valence-electron chi connectivity index (χ2n) is 5.40. The fourth-order valence-electron chi connectivity index (χ4n) is 2.63. The van der Waals surface area contributed by atoms with Crippen molar-refractivity contribution in [3.05, 3.63) is 0 Å². The molecule has 0 bridgehead atoms. The molecule has 2 aliphatic rings. The van der Waals surface area contributed by atoms with Crippen molar-refractivity contribution in [3.63, 3.8) is 0 Å². The predicted molar refractivity (Wildman–Crippen MR) is 65.8 cm³/mol. The van der Waals surface area contributed by atoms with Crippen LogP contribution in [0.1, 0.15) is 39.0 Å². The van der Waals surface area contributed by atoms with Crippen LogP contribution in [0.4, 0.5) is 0 Å². The molecule has 0 aliphatic carbocycles. The van der Waals surface area contributed by atoms with Gasteiger partial charge in [-0.1, -0.05) is 6.42 Å². The number of β-amino-alcohol motifs (C(OH)–C–C–N with tert-alkyl or cyclic N) is 1. The Morgan fingerprint density at radius 1 is 1.00 bits per heavy atom. The number of piperidine rings is 2. The lowest BCUT2D eigenvalue weighted by Gasteiger charge is -2.39.